The number of halogens is 2. The number of aromatic carboxylic acids is 1. The third kappa shape index (κ3) is 2.56. The van der Waals surface area contributed by atoms with Crippen LogP contribution in [0.5, 0.6) is 0 Å². The van der Waals surface area contributed by atoms with E-state index in [9.17, 15) is 14.3 Å². The van der Waals surface area contributed by atoms with E-state index in [0.29, 0.717) is 12.8 Å². The van der Waals surface area contributed by atoms with Gasteiger partial charge in [-0.05, 0) is 37.8 Å². The maximum atomic E-state index is 14.6. The van der Waals surface area contributed by atoms with Crippen molar-refractivity contribution in [2.45, 2.75) is 37.8 Å². The van der Waals surface area contributed by atoms with Crippen molar-refractivity contribution in [3.63, 3.8) is 0 Å². The van der Waals surface area contributed by atoms with E-state index >= 15 is 0 Å². The third-order valence-corrected chi connectivity index (χ3v) is 4.68. The second-order valence-corrected chi connectivity index (χ2v) is 6.28. The minimum atomic E-state index is -1.35. The fourth-order valence-electron chi connectivity index (χ4n) is 3.41. The molecule has 1 spiro atoms. The van der Waals surface area contributed by atoms with Crippen molar-refractivity contribution in [2.75, 3.05) is 4.90 Å². The molecule has 1 heterocycles. The number of carboxylic acid groups (broad SMARTS) is 1. The quantitative estimate of drug-likeness (QED) is 0.754. The summed E-state index contributed by atoms with van der Waals surface area (Å²) >= 11 is 6.00. The number of benzene rings is 1. The van der Waals surface area contributed by atoms with E-state index in [1.165, 1.54) is 11.0 Å². The molecule has 0 aromatic heterocycles. The van der Waals surface area contributed by atoms with Gasteiger partial charge in [0.15, 0.2) is 0 Å². The highest BCUT2D eigenvalue weighted by Gasteiger charge is 2.45. The van der Waals surface area contributed by atoms with Gasteiger partial charge in [-0.1, -0.05) is 18.0 Å². The molecule has 2 aliphatic rings. The maximum absolute atomic E-state index is 14.6. The summed E-state index contributed by atoms with van der Waals surface area (Å²) in [6.07, 6.45) is 3.81. The van der Waals surface area contributed by atoms with Gasteiger partial charge in [0.2, 0.25) is 11.9 Å². The molecule has 0 bridgehead atoms. The Labute approximate surface area is 142 Å². The smallest absolute Gasteiger partial charge is 0.339 e. The van der Waals surface area contributed by atoms with Crippen LogP contribution in [0, 0.1) is 5.82 Å². The highest BCUT2D eigenvalue weighted by atomic mass is 35.5. The molecule has 5 N–H and O–H groups in total. The molecule has 1 aliphatic heterocycles. The number of nitrogens with two attached hydrogens (primary N) is 2. The molecule has 0 unspecified atom stereocenters. The average Bonchev–Trinajstić information content (AvgIpc) is 2.50. The Morgan fingerprint density at radius 1 is 1.29 bits per heavy atom. The Morgan fingerprint density at radius 3 is 2.58 bits per heavy atom. The number of carbonyl (C=O) groups is 1. The summed E-state index contributed by atoms with van der Waals surface area (Å²) in [5.74, 6) is -2.19. The molecule has 128 valence electrons. The lowest BCUT2D eigenvalue weighted by Gasteiger charge is -2.46. The molecular weight excluding hydrogens is 337 g/mol. The lowest BCUT2D eigenvalue weighted by molar-refractivity contribution is 0.0697. The zero-order valence-corrected chi connectivity index (χ0v) is 13.6. The molecule has 3 rings (SSSR count). The van der Waals surface area contributed by atoms with Gasteiger partial charge >= 0.3 is 5.97 Å². The molecular formula is C15H17ClFN5O2. The number of hydrogen-bond donors (Lipinski definition) is 3. The summed E-state index contributed by atoms with van der Waals surface area (Å²) in [6.45, 7) is 0. The summed E-state index contributed by atoms with van der Waals surface area (Å²) in [4.78, 5) is 21.3. The fraction of sp³-hybridized carbons (Fsp3) is 0.400. The van der Waals surface area contributed by atoms with E-state index in [1.807, 2.05) is 0 Å². The Bertz CT molecular complexity index is 758. The first-order chi connectivity index (χ1) is 11.4. The fourth-order valence-corrected chi connectivity index (χ4v) is 3.64. The molecule has 1 aliphatic carbocycles. The minimum absolute atomic E-state index is 0.00459. The third-order valence-electron chi connectivity index (χ3n) is 4.37. The van der Waals surface area contributed by atoms with Crippen LogP contribution in [0.1, 0.15) is 42.5 Å². The van der Waals surface area contributed by atoms with Crippen LogP contribution in [-0.2, 0) is 0 Å². The molecule has 24 heavy (non-hydrogen) atoms. The average molecular weight is 354 g/mol. The highest BCUT2D eigenvalue weighted by Crippen LogP contribution is 2.42. The maximum Gasteiger partial charge on any atom is 0.339 e. The number of hydrogen-bond acceptors (Lipinski definition) is 6. The predicted octanol–water partition coefficient (Wildman–Crippen LogP) is 2.29. The molecule has 0 atom stereocenters. The molecule has 7 nitrogen and oxygen atoms in total. The number of rotatable bonds is 2. The first-order valence-corrected chi connectivity index (χ1v) is 7.94. The van der Waals surface area contributed by atoms with Gasteiger partial charge in [-0.3, -0.25) is 4.90 Å². The van der Waals surface area contributed by atoms with E-state index < -0.39 is 17.4 Å². The normalized spacial score (nSPS) is 19.8. The Hall–Kier alpha value is -2.35. The molecule has 1 aromatic carbocycles. The van der Waals surface area contributed by atoms with E-state index in [2.05, 4.69) is 9.98 Å². The van der Waals surface area contributed by atoms with Crippen LogP contribution in [0.25, 0.3) is 0 Å². The Morgan fingerprint density at radius 2 is 1.96 bits per heavy atom. The predicted molar refractivity (Wildman–Crippen MR) is 89.9 cm³/mol. The van der Waals surface area contributed by atoms with Crippen LogP contribution in [0.2, 0.25) is 5.02 Å². The number of guanidine groups is 2. The topological polar surface area (TPSA) is 117 Å². The van der Waals surface area contributed by atoms with Gasteiger partial charge in [-0.15, -0.1) is 0 Å². The largest absolute Gasteiger partial charge is 0.478 e. The standard InChI is InChI=1S/C15H17ClFN5O2/c16-8-4-5-9(17)11(10(8)12(23)24)22-14(19)20-13(18)21-15(22)6-2-1-3-7-15/h4-5H,1-3,6-7H2,(H,23,24)(H4,18,19,20,21). The SMILES string of the molecule is NC1=NC2(CCCCC2)N(c2c(F)ccc(Cl)c2C(=O)O)C(N)=N1. The summed E-state index contributed by atoms with van der Waals surface area (Å²) in [6, 6.07) is 2.31. The van der Waals surface area contributed by atoms with Crippen LogP contribution in [0.3, 0.4) is 0 Å². The van der Waals surface area contributed by atoms with Crippen molar-refractivity contribution in [1.82, 2.24) is 0 Å². The van der Waals surface area contributed by atoms with Gasteiger partial charge in [0.1, 0.15) is 17.0 Å². The minimum Gasteiger partial charge on any atom is -0.478 e. The number of anilines is 1. The second kappa shape index (κ2) is 5.94. The van der Waals surface area contributed by atoms with Crippen LogP contribution in [0.15, 0.2) is 22.1 Å². The molecule has 1 fully saturated rings. The number of nitrogens with zero attached hydrogens (tertiary/aromatic N) is 3. The molecule has 1 aromatic rings. The summed E-state index contributed by atoms with van der Waals surface area (Å²) < 4.78 is 14.6. The zero-order valence-electron chi connectivity index (χ0n) is 12.8. The van der Waals surface area contributed by atoms with Gasteiger partial charge in [-0.2, -0.15) is 4.99 Å². The van der Waals surface area contributed by atoms with E-state index in [1.54, 1.807) is 0 Å². The molecule has 9 heteroatoms. The lowest BCUT2D eigenvalue weighted by Crippen LogP contribution is -2.59. The van der Waals surface area contributed by atoms with E-state index in [0.717, 1.165) is 25.3 Å². The lowest BCUT2D eigenvalue weighted by atomic mass is 9.87. The van der Waals surface area contributed by atoms with Crippen LogP contribution in [0.4, 0.5) is 10.1 Å². The zero-order chi connectivity index (χ0) is 17.5. The van der Waals surface area contributed by atoms with E-state index in [-0.39, 0.29) is 28.2 Å². The van der Waals surface area contributed by atoms with Gasteiger partial charge in [0.25, 0.3) is 0 Å². The molecule has 0 saturated heterocycles. The van der Waals surface area contributed by atoms with Crippen molar-refractivity contribution in [1.29, 1.82) is 0 Å². The number of aliphatic imine (C=N–C) groups is 2. The molecule has 0 radical (unpaired) electrons. The van der Waals surface area contributed by atoms with Crippen LogP contribution >= 0.6 is 11.6 Å². The molecule has 1 saturated carbocycles. The summed E-state index contributed by atoms with van der Waals surface area (Å²) in [7, 11) is 0. The first kappa shape index (κ1) is 16.5. The first-order valence-electron chi connectivity index (χ1n) is 7.57. The Kier molecular flexibility index (Phi) is 4.08. The monoisotopic (exact) mass is 353 g/mol. The van der Waals surface area contributed by atoms with Crippen molar-refractivity contribution < 1.29 is 14.3 Å². The number of carboxylic acids is 1. The van der Waals surface area contributed by atoms with Gasteiger partial charge in [0, 0.05) is 0 Å². The van der Waals surface area contributed by atoms with E-state index in [4.69, 9.17) is 23.1 Å². The van der Waals surface area contributed by atoms with Gasteiger partial charge < -0.3 is 16.6 Å². The highest BCUT2D eigenvalue weighted by molar-refractivity contribution is 6.34. The summed E-state index contributed by atoms with van der Waals surface area (Å²) in [5, 5.41) is 9.42. The van der Waals surface area contributed by atoms with Crippen LogP contribution < -0.4 is 16.4 Å². The van der Waals surface area contributed by atoms with Gasteiger partial charge in [-0.25, -0.2) is 14.2 Å². The van der Waals surface area contributed by atoms with Crippen molar-refractivity contribution in [3.8, 4) is 0 Å². The molecule has 0 amide bonds. The van der Waals surface area contributed by atoms with Crippen LogP contribution in [-0.4, -0.2) is 28.7 Å². The van der Waals surface area contributed by atoms with Gasteiger partial charge in [0.05, 0.1) is 10.7 Å². The Balaban J connectivity index is 2.25. The van der Waals surface area contributed by atoms with Crippen molar-refractivity contribution in [3.05, 3.63) is 28.5 Å². The summed E-state index contributed by atoms with van der Waals surface area (Å²) in [5.41, 5.74) is 10.2. The second-order valence-electron chi connectivity index (χ2n) is 5.88. The van der Waals surface area contributed by atoms with Crippen molar-refractivity contribution in [2.24, 2.45) is 21.5 Å². The van der Waals surface area contributed by atoms with Crippen molar-refractivity contribution >= 4 is 35.2 Å².